The van der Waals surface area contributed by atoms with Crippen LogP contribution >= 0.6 is 11.3 Å². The van der Waals surface area contributed by atoms with Crippen LogP contribution < -0.4 is 4.74 Å². The minimum absolute atomic E-state index is 0.339. The Labute approximate surface area is 233 Å². The Kier molecular flexibility index (Phi) is 6.11. The second-order valence-corrected chi connectivity index (χ2v) is 12.8. The van der Waals surface area contributed by atoms with Gasteiger partial charge in [0.15, 0.2) is 0 Å². The molecule has 2 aromatic heterocycles. The number of rotatable bonds is 3. The fraction of sp³-hybridized carbons (Fsp3) is 0.394. The number of hydrogen-bond donors (Lipinski definition) is 1. The number of aliphatic imine (C=N–C) groups is 1. The number of carboxylic acid groups (broad SMARTS) is 1. The van der Waals surface area contributed by atoms with E-state index in [1.807, 2.05) is 17.4 Å². The molecule has 0 spiro atoms. The third-order valence-corrected chi connectivity index (χ3v) is 9.83. The van der Waals surface area contributed by atoms with E-state index in [1.165, 1.54) is 75.3 Å². The molecule has 0 saturated heterocycles. The zero-order valence-electron chi connectivity index (χ0n) is 22.7. The summed E-state index contributed by atoms with van der Waals surface area (Å²) in [6.07, 6.45) is 9.10. The number of carbonyl (C=O) groups is 1. The summed E-state index contributed by atoms with van der Waals surface area (Å²) in [5.74, 6) is 0.576. The highest BCUT2D eigenvalue weighted by Gasteiger charge is 2.31. The summed E-state index contributed by atoms with van der Waals surface area (Å²) in [6, 6.07) is 12.4. The van der Waals surface area contributed by atoms with Crippen LogP contribution in [0.15, 0.2) is 41.4 Å². The van der Waals surface area contributed by atoms with Crippen molar-refractivity contribution in [3.63, 3.8) is 0 Å². The number of carboxylic acids is 1. The average Bonchev–Trinajstić information content (AvgIpc) is 3.25. The first kappa shape index (κ1) is 24.6. The highest BCUT2D eigenvalue weighted by molar-refractivity contribution is 7.12. The summed E-state index contributed by atoms with van der Waals surface area (Å²) in [7, 11) is 0. The quantitative estimate of drug-likeness (QED) is 0.284. The van der Waals surface area contributed by atoms with Crippen LogP contribution in [-0.2, 0) is 13.0 Å². The van der Waals surface area contributed by atoms with Crippen LogP contribution in [0.5, 0.6) is 5.75 Å². The lowest BCUT2D eigenvalue weighted by Gasteiger charge is -2.24. The van der Waals surface area contributed by atoms with Crippen molar-refractivity contribution in [3.8, 4) is 17.0 Å². The molecule has 0 amide bonds. The minimum Gasteiger partial charge on any atom is -0.491 e. The zero-order valence-corrected chi connectivity index (χ0v) is 23.5. The van der Waals surface area contributed by atoms with Crippen LogP contribution in [0.3, 0.4) is 0 Å². The van der Waals surface area contributed by atoms with Crippen molar-refractivity contribution in [1.29, 1.82) is 0 Å². The normalized spacial score (nSPS) is 17.4. The highest BCUT2D eigenvalue weighted by Crippen LogP contribution is 2.50. The molecule has 0 atom stereocenters. The van der Waals surface area contributed by atoms with Crippen LogP contribution in [0.25, 0.3) is 22.2 Å². The maximum atomic E-state index is 11.9. The van der Waals surface area contributed by atoms with Crippen LogP contribution in [-0.4, -0.2) is 28.0 Å². The fourth-order valence-corrected chi connectivity index (χ4v) is 8.08. The van der Waals surface area contributed by atoms with Gasteiger partial charge in [-0.3, -0.25) is 4.99 Å². The van der Waals surface area contributed by atoms with Gasteiger partial charge in [-0.1, -0.05) is 25.3 Å². The van der Waals surface area contributed by atoms with Gasteiger partial charge in [0.05, 0.1) is 23.5 Å². The van der Waals surface area contributed by atoms with E-state index in [0.717, 1.165) is 41.8 Å². The van der Waals surface area contributed by atoms with Crippen molar-refractivity contribution in [3.05, 3.63) is 68.4 Å². The van der Waals surface area contributed by atoms with Crippen LogP contribution in [0.2, 0.25) is 0 Å². The second kappa shape index (κ2) is 9.67. The first-order chi connectivity index (χ1) is 19.0. The molecule has 1 aliphatic carbocycles. The molecule has 6 heteroatoms. The molecule has 1 fully saturated rings. The van der Waals surface area contributed by atoms with Gasteiger partial charge in [-0.05, 0) is 87.8 Å². The molecule has 200 valence electrons. The Morgan fingerprint density at radius 3 is 2.64 bits per heavy atom. The molecule has 3 aliphatic rings. The van der Waals surface area contributed by atoms with E-state index >= 15 is 0 Å². The molecule has 7 rings (SSSR count). The van der Waals surface area contributed by atoms with E-state index in [0.29, 0.717) is 24.6 Å². The van der Waals surface area contributed by atoms with Crippen molar-refractivity contribution in [1.82, 2.24) is 4.57 Å². The van der Waals surface area contributed by atoms with Crippen molar-refractivity contribution in [2.45, 2.75) is 77.7 Å². The number of thiophene rings is 1. The molecule has 4 heterocycles. The predicted octanol–water partition coefficient (Wildman–Crippen LogP) is 8.58. The molecule has 0 bridgehead atoms. The van der Waals surface area contributed by atoms with E-state index in [2.05, 4.69) is 42.7 Å². The van der Waals surface area contributed by atoms with Gasteiger partial charge in [0.25, 0.3) is 0 Å². The SMILES string of the molecule is Cc1cc(C2=Nc3ccc4c(c3CCC2)OCCn2c-4c(C3CCCCC3)c3ccc(C(=O)O)cc32)c(C)s1. The zero-order chi connectivity index (χ0) is 26.7. The largest absolute Gasteiger partial charge is 0.491 e. The Morgan fingerprint density at radius 1 is 1.03 bits per heavy atom. The van der Waals surface area contributed by atoms with E-state index < -0.39 is 5.97 Å². The Morgan fingerprint density at radius 2 is 1.87 bits per heavy atom. The Hall–Kier alpha value is -3.38. The Bertz CT molecular complexity index is 1650. The van der Waals surface area contributed by atoms with Gasteiger partial charge in [-0.25, -0.2) is 4.79 Å². The molecule has 2 aliphatic heterocycles. The topological polar surface area (TPSA) is 63.8 Å². The fourth-order valence-electron chi connectivity index (χ4n) is 7.14. The molecule has 5 nitrogen and oxygen atoms in total. The molecule has 0 unspecified atom stereocenters. The van der Waals surface area contributed by atoms with Gasteiger partial charge >= 0.3 is 5.97 Å². The number of aromatic carboxylic acids is 1. The summed E-state index contributed by atoms with van der Waals surface area (Å²) < 4.78 is 8.92. The van der Waals surface area contributed by atoms with E-state index in [4.69, 9.17) is 9.73 Å². The third-order valence-electron chi connectivity index (χ3n) is 8.86. The number of hydrogen-bond acceptors (Lipinski definition) is 4. The summed E-state index contributed by atoms with van der Waals surface area (Å²) in [5, 5.41) is 11.0. The lowest BCUT2D eigenvalue weighted by atomic mass is 9.81. The first-order valence-electron chi connectivity index (χ1n) is 14.3. The average molecular weight is 539 g/mol. The number of benzene rings is 2. The van der Waals surface area contributed by atoms with Crippen molar-refractivity contribution >= 4 is 39.6 Å². The third kappa shape index (κ3) is 4.11. The number of fused-ring (bicyclic) bond motifs is 7. The van der Waals surface area contributed by atoms with Gasteiger partial charge in [0.1, 0.15) is 12.4 Å². The highest BCUT2D eigenvalue weighted by atomic mass is 32.1. The minimum atomic E-state index is -0.882. The first-order valence-corrected chi connectivity index (χ1v) is 15.1. The number of nitrogens with zero attached hydrogens (tertiary/aromatic N) is 2. The molecule has 39 heavy (non-hydrogen) atoms. The van der Waals surface area contributed by atoms with E-state index in [9.17, 15) is 9.90 Å². The summed E-state index contributed by atoms with van der Waals surface area (Å²) in [4.78, 5) is 19.8. The molecule has 0 radical (unpaired) electrons. The number of aromatic nitrogens is 1. The van der Waals surface area contributed by atoms with E-state index in [1.54, 1.807) is 6.07 Å². The molecular formula is C33H34N2O3S. The van der Waals surface area contributed by atoms with Gasteiger partial charge in [-0.15, -0.1) is 11.3 Å². The second-order valence-electron chi connectivity index (χ2n) is 11.3. The molecular weight excluding hydrogens is 504 g/mol. The summed E-state index contributed by atoms with van der Waals surface area (Å²) >= 11 is 1.84. The number of aryl methyl sites for hydroxylation is 2. The Balaban J connectivity index is 1.44. The molecule has 2 aromatic carbocycles. The predicted molar refractivity (Wildman–Crippen MR) is 159 cm³/mol. The van der Waals surface area contributed by atoms with E-state index in [-0.39, 0.29) is 0 Å². The van der Waals surface area contributed by atoms with Crippen molar-refractivity contribution in [2.75, 3.05) is 6.61 Å². The maximum absolute atomic E-state index is 11.9. The standard InChI is InChI=1S/C33H34N2O3S/c1-19-17-26(20(2)39-19)27-10-6-9-23-28(34-27)14-13-25-31-30(21-7-4-3-5-8-21)24-12-11-22(33(36)37)18-29(24)35(31)15-16-38-32(23)25/h11-14,17-18,21H,3-10,15-16H2,1-2H3,(H,36,37). The van der Waals surface area contributed by atoms with Crippen LogP contribution in [0.4, 0.5) is 5.69 Å². The van der Waals surface area contributed by atoms with Crippen LogP contribution in [0.1, 0.15) is 87.7 Å². The van der Waals surface area contributed by atoms with Gasteiger partial charge in [0.2, 0.25) is 0 Å². The molecule has 1 N–H and O–H groups in total. The van der Waals surface area contributed by atoms with Gasteiger partial charge in [-0.2, -0.15) is 0 Å². The summed E-state index contributed by atoms with van der Waals surface area (Å²) in [6.45, 7) is 5.62. The smallest absolute Gasteiger partial charge is 0.335 e. The summed E-state index contributed by atoms with van der Waals surface area (Å²) in [5.41, 5.74) is 9.82. The molecule has 4 aromatic rings. The maximum Gasteiger partial charge on any atom is 0.335 e. The van der Waals surface area contributed by atoms with Crippen molar-refractivity contribution < 1.29 is 14.6 Å². The lowest BCUT2D eigenvalue weighted by molar-refractivity contribution is 0.0697. The van der Waals surface area contributed by atoms with Gasteiger partial charge in [0, 0.05) is 43.1 Å². The lowest BCUT2D eigenvalue weighted by Crippen LogP contribution is -2.07. The van der Waals surface area contributed by atoms with Gasteiger partial charge < -0.3 is 14.4 Å². The van der Waals surface area contributed by atoms with Crippen molar-refractivity contribution in [2.24, 2.45) is 4.99 Å². The molecule has 1 saturated carbocycles. The van der Waals surface area contributed by atoms with Crippen LogP contribution in [0, 0.1) is 13.8 Å². The number of ether oxygens (including phenoxy) is 1. The monoisotopic (exact) mass is 538 g/mol.